The first-order valence-corrected chi connectivity index (χ1v) is 12.4. The molecule has 0 radical (unpaired) electrons. The summed E-state index contributed by atoms with van der Waals surface area (Å²) in [4.78, 5) is 28.3. The number of carbonyl (C=O) groups is 1. The van der Waals surface area contributed by atoms with Crippen molar-refractivity contribution in [2.45, 2.75) is 46.2 Å². The van der Waals surface area contributed by atoms with Gasteiger partial charge in [-0.3, -0.25) is 9.59 Å². The van der Waals surface area contributed by atoms with E-state index in [-0.39, 0.29) is 18.0 Å². The zero-order valence-corrected chi connectivity index (χ0v) is 20.5. The summed E-state index contributed by atoms with van der Waals surface area (Å²) >= 11 is 0. The van der Waals surface area contributed by atoms with Crippen molar-refractivity contribution in [3.63, 3.8) is 0 Å². The average Bonchev–Trinajstić information content (AvgIpc) is 3.12. The highest BCUT2D eigenvalue weighted by Gasteiger charge is 2.24. The van der Waals surface area contributed by atoms with Crippen molar-refractivity contribution in [3.05, 3.63) is 99.7 Å². The number of rotatable bonds is 6. The van der Waals surface area contributed by atoms with Gasteiger partial charge in [-0.2, -0.15) is 5.10 Å². The van der Waals surface area contributed by atoms with E-state index in [4.69, 9.17) is 0 Å². The molecule has 0 unspecified atom stereocenters. The smallest absolute Gasteiger partial charge is 0.276 e. The van der Waals surface area contributed by atoms with Crippen molar-refractivity contribution in [2.24, 2.45) is 5.92 Å². The van der Waals surface area contributed by atoms with Gasteiger partial charge in [-0.25, -0.2) is 4.68 Å². The van der Waals surface area contributed by atoms with E-state index in [0.29, 0.717) is 17.8 Å². The monoisotopic (exact) mass is 468 g/mol. The summed E-state index contributed by atoms with van der Waals surface area (Å²) in [5, 5.41) is 5.89. The van der Waals surface area contributed by atoms with Crippen molar-refractivity contribution in [3.8, 4) is 0 Å². The Morgan fingerprint density at radius 2 is 1.54 bits per heavy atom. The molecule has 180 valence electrons. The third-order valence-electron chi connectivity index (χ3n) is 7.41. The predicted octanol–water partition coefficient (Wildman–Crippen LogP) is 4.34. The highest BCUT2D eigenvalue weighted by Crippen LogP contribution is 2.24. The fourth-order valence-electron chi connectivity index (χ4n) is 5.32. The summed E-state index contributed by atoms with van der Waals surface area (Å²) in [6, 6.07) is 20.7. The van der Waals surface area contributed by atoms with Crippen molar-refractivity contribution >= 4 is 16.7 Å². The molecule has 6 nitrogen and oxygen atoms in total. The van der Waals surface area contributed by atoms with Gasteiger partial charge in [-0.15, -0.1) is 0 Å². The molecule has 3 heterocycles. The molecule has 5 rings (SSSR count). The first-order chi connectivity index (χ1) is 17.0. The Morgan fingerprint density at radius 1 is 0.914 bits per heavy atom. The molecule has 1 aliphatic heterocycles. The summed E-state index contributed by atoms with van der Waals surface area (Å²) < 4.78 is 3.49. The van der Waals surface area contributed by atoms with Gasteiger partial charge in [0.15, 0.2) is 0 Å². The van der Waals surface area contributed by atoms with Crippen molar-refractivity contribution in [1.82, 2.24) is 19.2 Å². The van der Waals surface area contributed by atoms with Gasteiger partial charge in [0.25, 0.3) is 5.56 Å². The molecule has 2 aromatic heterocycles. The zero-order valence-electron chi connectivity index (χ0n) is 20.5. The van der Waals surface area contributed by atoms with E-state index in [2.05, 4.69) is 46.1 Å². The standard InChI is InChI=1S/C29H32N4O2/c1-21-26-18-30-33(29(35)28(26)22(2)32(21)19-25-11-7-4-8-12-25)20-27(34)31-15-13-24(14-16-31)17-23-9-5-3-6-10-23/h3-12,18,24H,13-17,19-20H2,1-2H3. The van der Waals surface area contributed by atoms with Gasteiger partial charge in [-0.1, -0.05) is 60.7 Å². The number of likely N-dealkylation sites (tertiary alicyclic amines) is 1. The van der Waals surface area contributed by atoms with Crippen LogP contribution >= 0.6 is 0 Å². The maximum absolute atomic E-state index is 13.4. The third-order valence-corrected chi connectivity index (χ3v) is 7.41. The maximum atomic E-state index is 13.4. The molecule has 1 saturated heterocycles. The predicted molar refractivity (Wildman–Crippen MR) is 138 cm³/mol. The second kappa shape index (κ2) is 9.90. The molecule has 0 bridgehead atoms. The SMILES string of the molecule is Cc1c2cnn(CC(=O)N3CCC(Cc4ccccc4)CC3)c(=O)c2c(C)n1Cc1ccccc1. The van der Waals surface area contributed by atoms with Crippen LogP contribution in [0.3, 0.4) is 0 Å². The minimum atomic E-state index is -0.192. The lowest BCUT2D eigenvalue weighted by atomic mass is 9.90. The summed E-state index contributed by atoms with van der Waals surface area (Å²) in [6.07, 6.45) is 4.77. The van der Waals surface area contributed by atoms with Crippen LogP contribution in [0.4, 0.5) is 0 Å². The molecule has 6 heteroatoms. The fourth-order valence-corrected chi connectivity index (χ4v) is 5.32. The Hall–Kier alpha value is -3.67. The summed E-state index contributed by atoms with van der Waals surface area (Å²) in [7, 11) is 0. The van der Waals surface area contributed by atoms with E-state index in [0.717, 1.165) is 49.1 Å². The number of hydrogen-bond donors (Lipinski definition) is 0. The molecule has 0 spiro atoms. The Morgan fingerprint density at radius 3 is 2.20 bits per heavy atom. The van der Waals surface area contributed by atoms with Crippen LogP contribution in [0.25, 0.3) is 10.8 Å². The summed E-state index contributed by atoms with van der Waals surface area (Å²) in [5.41, 5.74) is 4.27. The van der Waals surface area contributed by atoms with E-state index >= 15 is 0 Å². The van der Waals surface area contributed by atoms with Gasteiger partial charge in [0.05, 0.1) is 11.6 Å². The first kappa shape index (κ1) is 23.1. The van der Waals surface area contributed by atoms with Gasteiger partial charge < -0.3 is 9.47 Å². The molecule has 4 aromatic rings. The Balaban J connectivity index is 1.29. The van der Waals surface area contributed by atoms with Gasteiger partial charge >= 0.3 is 0 Å². The molecule has 1 amide bonds. The fraction of sp³-hybridized carbons (Fsp3) is 0.345. The van der Waals surface area contributed by atoms with Crippen molar-refractivity contribution in [2.75, 3.05) is 13.1 Å². The second-order valence-electron chi connectivity index (χ2n) is 9.65. The lowest BCUT2D eigenvalue weighted by Gasteiger charge is -2.32. The molecular formula is C29H32N4O2. The number of aryl methyl sites for hydroxylation is 2. The number of aromatic nitrogens is 3. The van der Waals surface area contributed by atoms with Gasteiger partial charge in [0, 0.05) is 36.4 Å². The number of piperidine rings is 1. The van der Waals surface area contributed by atoms with E-state index in [1.54, 1.807) is 6.20 Å². The first-order valence-electron chi connectivity index (χ1n) is 12.4. The number of amides is 1. The van der Waals surface area contributed by atoms with E-state index in [1.165, 1.54) is 15.8 Å². The summed E-state index contributed by atoms with van der Waals surface area (Å²) in [5.74, 6) is 0.559. The van der Waals surface area contributed by atoms with Crippen LogP contribution in [0.5, 0.6) is 0 Å². The van der Waals surface area contributed by atoms with Gasteiger partial charge in [-0.05, 0) is 50.2 Å². The quantitative estimate of drug-likeness (QED) is 0.423. The molecule has 1 aliphatic rings. The number of benzene rings is 2. The molecule has 0 saturated carbocycles. The molecule has 0 atom stereocenters. The van der Waals surface area contributed by atoms with Crippen molar-refractivity contribution in [1.29, 1.82) is 0 Å². The molecule has 0 aliphatic carbocycles. The van der Waals surface area contributed by atoms with Crippen LogP contribution in [-0.2, 0) is 24.3 Å². The molecular weight excluding hydrogens is 436 g/mol. The lowest BCUT2D eigenvalue weighted by Crippen LogP contribution is -2.42. The number of hydrogen-bond acceptors (Lipinski definition) is 3. The Kier molecular flexibility index (Phi) is 6.53. The van der Waals surface area contributed by atoms with Crippen LogP contribution in [0.2, 0.25) is 0 Å². The Labute approximate surface area is 205 Å². The van der Waals surface area contributed by atoms with Crippen LogP contribution < -0.4 is 5.56 Å². The number of carbonyl (C=O) groups excluding carboxylic acids is 1. The molecule has 2 aromatic carbocycles. The second-order valence-corrected chi connectivity index (χ2v) is 9.65. The zero-order chi connectivity index (χ0) is 24.4. The van der Waals surface area contributed by atoms with Crippen LogP contribution in [0.1, 0.15) is 35.4 Å². The van der Waals surface area contributed by atoms with E-state index in [9.17, 15) is 9.59 Å². The highest BCUT2D eigenvalue weighted by molar-refractivity contribution is 5.87. The van der Waals surface area contributed by atoms with E-state index in [1.807, 2.05) is 43.0 Å². The number of nitrogens with zero attached hydrogens (tertiary/aromatic N) is 4. The topological polar surface area (TPSA) is 60.1 Å². The molecule has 35 heavy (non-hydrogen) atoms. The Bertz CT molecular complexity index is 1380. The van der Waals surface area contributed by atoms with E-state index < -0.39 is 0 Å². The van der Waals surface area contributed by atoms with Crippen LogP contribution in [0, 0.1) is 19.8 Å². The average molecular weight is 469 g/mol. The van der Waals surface area contributed by atoms with Gasteiger partial charge in [0.1, 0.15) is 6.54 Å². The lowest BCUT2D eigenvalue weighted by molar-refractivity contribution is -0.133. The molecule has 0 N–H and O–H groups in total. The van der Waals surface area contributed by atoms with Crippen LogP contribution in [0.15, 0.2) is 71.7 Å². The third kappa shape index (κ3) is 4.78. The van der Waals surface area contributed by atoms with Crippen LogP contribution in [-0.4, -0.2) is 38.2 Å². The van der Waals surface area contributed by atoms with Crippen molar-refractivity contribution < 1.29 is 4.79 Å². The largest absolute Gasteiger partial charge is 0.343 e. The number of fused-ring (bicyclic) bond motifs is 1. The minimum absolute atomic E-state index is 0.0134. The minimum Gasteiger partial charge on any atom is -0.343 e. The van der Waals surface area contributed by atoms with Gasteiger partial charge in [0.2, 0.25) is 5.91 Å². The molecule has 1 fully saturated rings. The normalized spacial score (nSPS) is 14.5. The highest BCUT2D eigenvalue weighted by atomic mass is 16.2. The maximum Gasteiger partial charge on any atom is 0.276 e. The summed E-state index contributed by atoms with van der Waals surface area (Å²) in [6.45, 7) is 6.15.